The number of hydrogen-bond acceptors (Lipinski definition) is 4. The standard InChI is InChI=1S/C13H10BrClO4/c1-17-9-4-3-7(12(18-2)10(9)15)11(16)8-5-6-19-13(8)14/h3-6H,1-2H3. The van der Waals surface area contributed by atoms with Gasteiger partial charge in [-0.3, -0.25) is 4.79 Å². The number of ether oxygens (including phenoxy) is 2. The molecule has 0 saturated heterocycles. The summed E-state index contributed by atoms with van der Waals surface area (Å²) in [5, 5.41) is 0.260. The van der Waals surface area contributed by atoms with Crippen LogP contribution < -0.4 is 9.47 Å². The van der Waals surface area contributed by atoms with Gasteiger partial charge in [0.2, 0.25) is 5.78 Å². The van der Waals surface area contributed by atoms with Crippen molar-refractivity contribution in [2.24, 2.45) is 0 Å². The van der Waals surface area contributed by atoms with E-state index in [1.807, 2.05) is 0 Å². The molecule has 0 saturated carbocycles. The fourth-order valence-corrected chi connectivity index (χ4v) is 2.41. The molecule has 1 aromatic carbocycles. The molecule has 0 aliphatic rings. The topological polar surface area (TPSA) is 48.7 Å². The predicted octanol–water partition coefficient (Wildman–Crippen LogP) is 3.94. The minimum absolute atomic E-state index is 0.248. The third-order valence-corrected chi connectivity index (χ3v) is 3.56. The first-order chi connectivity index (χ1) is 9.10. The van der Waals surface area contributed by atoms with E-state index in [9.17, 15) is 4.79 Å². The van der Waals surface area contributed by atoms with Crippen LogP contribution in [0.2, 0.25) is 5.02 Å². The van der Waals surface area contributed by atoms with E-state index in [2.05, 4.69) is 15.9 Å². The van der Waals surface area contributed by atoms with Gasteiger partial charge in [-0.15, -0.1) is 0 Å². The third-order valence-electron chi connectivity index (χ3n) is 2.59. The molecule has 0 aliphatic heterocycles. The highest BCUT2D eigenvalue weighted by Crippen LogP contribution is 2.38. The first-order valence-corrected chi connectivity index (χ1v) is 6.45. The van der Waals surface area contributed by atoms with Crippen LogP contribution in [-0.4, -0.2) is 20.0 Å². The van der Waals surface area contributed by atoms with Crippen molar-refractivity contribution in [3.8, 4) is 11.5 Å². The van der Waals surface area contributed by atoms with Crippen molar-refractivity contribution in [1.29, 1.82) is 0 Å². The van der Waals surface area contributed by atoms with Crippen LogP contribution in [-0.2, 0) is 0 Å². The van der Waals surface area contributed by atoms with Gasteiger partial charge in [0, 0.05) is 0 Å². The summed E-state index contributed by atoms with van der Waals surface area (Å²) in [4.78, 5) is 12.4. The van der Waals surface area contributed by atoms with Crippen LogP contribution in [0.25, 0.3) is 0 Å². The number of hydrogen-bond donors (Lipinski definition) is 0. The first kappa shape index (κ1) is 14.0. The molecule has 0 atom stereocenters. The van der Waals surface area contributed by atoms with Gasteiger partial charge in [-0.05, 0) is 34.1 Å². The molecule has 1 aromatic heterocycles. The van der Waals surface area contributed by atoms with Gasteiger partial charge in [0.15, 0.2) is 10.4 Å². The molecule has 2 rings (SSSR count). The van der Waals surface area contributed by atoms with Crippen molar-refractivity contribution in [1.82, 2.24) is 0 Å². The van der Waals surface area contributed by atoms with E-state index in [-0.39, 0.29) is 16.6 Å². The van der Waals surface area contributed by atoms with E-state index in [1.54, 1.807) is 18.2 Å². The molecular formula is C13H10BrClO4. The molecule has 2 aromatic rings. The molecule has 6 heteroatoms. The Hall–Kier alpha value is -1.46. The Morgan fingerprint density at radius 3 is 2.47 bits per heavy atom. The normalized spacial score (nSPS) is 10.3. The number of benzene rings is 1. The Bertz CT molecular complexity index is 621. The molecule has 100 valence electrons. The van der Waals surface area contributed by atoms with Crippen molar-refractivity contribution in [2.45, 2.75) is 0 Å². The van der Waals surface area contributed by atoms with Crippen molar-refractivity contribution >= 4 is 33.3 Å². The highest BCUT2D eigenvalue weighted by Gasteiger charge is 2.22. The van der Waals surface area contributed by atoms with Crippen molar-refractivity contribution in [3.63, 3.8) is 0 Å². The Morgan fingerprint density at radius 1 is 1.21 bits per heavy atom. The van der Waals surface area contributed by atoms with Gasteiger partial charge in [-0.25, -0.2) is 0 Å². The maximum absolute atomic E-state index is 12.4. The second-order valence-electron chi connectivity index (χ2n) is 3.60. The van der Waals surface area contributed by atoms with Gasteiger partial charge >= 0.3 is 0 Å². The fourth-order valence-electron chi connectivity index (χ4n) is 1.67. The summed E-state index contributed by atoms with van der Waals surface area (Å²) < 4.78 is 15.7. The van der Waals surface area contributed by atoms with Gasteiger partial charge < -0.3 is 13.9 Å². The van der Waals surface area contributed by atoms with Crippen molar-refractivity contribution in [3.05, 3.63) is 45.3 Å². The van der Waals surface area contributed by atoms with Crippen LogP contribution in [0.15, 0.2) is 33.5 Å². The summed E-state index contributed by atoms with van der Waals surface area (Å²) in [5.74, 6) is 0.475. The van der Waals surface area contributed by atoms with Gasteiger partial charge in [0.05, 0.1) is 31.6 Å². The molecule has 0 aliphatic carbocycles. The van der Waals surface area contributed by atoms with Gasteiger partial charge in [0.25, 0.3) is 0 Å². The number of carbonyl (C=O) groups is 1. The number of ketones is 1. The summed E-state index contributed by atoms with van der Waals surface area (Å²) in [6, 6.07) is 4.79. The average Bonchev–Trinajstić information content (AvgIpc) is 2.83. The predicted molar refractivity (Wildman–Crippen MR) is 74.4 cm³/mol. The molecule has 0 spiro atoms. The largest absolute Gasteiger partial charge is 0.495 e. The lowest BCUT2D eigenvalue weighted by atomic mass is 10.0. The monoisotopic (exact) mass is 344 g/mol. The Kier molecular flexibility index (Phi) is 4.17. The third kappa shape index (κ3) is 2.48. The van der Waals surface area contributed by atoms with Crippen molar-refractivity contribution < 1.29 is 18.7 Å². The second kappa shape index (κ2) is 5.67. The van der Waals surface area contributed by atoms with Crippen LogP contribution in [0, 0.1) is 0 Å². The minimum atomic E-state index is -0.248. The molecule has 0 radical (unpaired) electrons. The van der Waals surface area contributed by atoms with E-state index in [4.69, 9.17) is 25.5 Å². The first-order valence-electron chi connectivity index (χ1n) is 5.28. The Balaban J connectivity index is 2.54. The highest BCUT2D eigenvalue weighted by atomic mass is 79.9. The smallest absolute Gasteiger partial charge is 0.201 e. The summed E-state index contributed by atoms with van der Waals surface area (Å²) in [6.07, 6.45) is 1.43. The van der Waals surface area contributed by atoms with Crippen LogP contribution in [0.4, 0.5) is 0 Å². The Morgan fingerprint density at radius 2 is 1.95 bits per heavy atom. The molecule has 0 N–H and O–H groups in total. The number of halogens is 2. The summed E-state index contributed by atoms with van der Waals surface area (Å²) in [5.41, 5.74) is 0.745. The summed E-state index contributed by atoms with van der Waals surface area (Å²) >= 11 is 9.29. The molecule has 0 amide bonds. The molecule has 0 bridgehead atoms. The highest BCUT2D eigenvalue weighted by molar-refractivity contribution is 9.10. The zero-order valence-corrected chi connectivity index (χ0v) is 12.5. The molecule has 1 heterocycles. The molecule has 19 heavy (non-hydrogen) atoms. The maximum atomic E-state index is 12.4. The fraction of sp³-hybridized carbons (Fsp3) is 0.154. The molecule has 4 nitrogen and oxygen atoms in total. The van der Waals surface area contributed by atoms with E-state index in [1.165, 1.54) is 20.5 Å². The summed E-state index contributed by atoms with van der Waals surface area (Å²) in [6.45, 7) is 0. The van der Waals surface area contributed by atoms with E-state index in [0.29, 0.717) is 21.5 Å². The van der Waals surface area contributed by atoms with Crippen LogP contribution in [0.5, 0.6) is 11.5 Å². The lowest BCUT2D eigenvalue weighted by Crippen LogP contribution is -2.04. The lowest BCUT2D eigenvalue weighted by Gasteiger charge is -2.11. The number of rotatable bonds is 4. The van der Waals surface area contributed by atoms with Crippen LogP contribution >= 0.6 is 27.5 Å². The zero-order chi connectivity index (χ0) is 14.0. The molecular weight excluding hydrogens is 335 g/mol. The SMILES string of the molecule is COc1ccc(C(=O)c2ccoc2Br)c(OC)c1Cl. The van der Waals surface area contributed by atoms with Crippen molar-refractivity contribution in [2.75, 3.05) is 14.2 Å². The van der Waals surface area contributed by atoms with Gasteiger partial charge in [0.1, 0.15) is 10.8 Å². The minimum Gasteiger partial charge on any atom is -0.495 e. The quantitative estimate of drug-likeness (QED) is 0.787. The zero-order valence-electron chi connectivity index (χ0n) is 10.2. The number of methoxy groups -OCH3 is 2. The van der Waals surface area contributed by atoms with Crippen LogP contribution in [0.1, 0.15) is 15.9 Å². The van der Waals surface area contributed by atoms with E-state index >= 15 is 0 Å². The maximum Gasteiger partial charge on any atom is 0.201 e. The van der Waals surface area contributed by atoms with E-state index in [0.717, 1.165) is 0 Å². The lowest BCUT2D eigenvalue weighted by molar-refractivity contribution is 0.103. The molecule has 0 unspecified atom stereocenters. The second-order valence-corrected chi connectivity index (χ2v) is 4.70. The van der Waals surface area contributed by atoms with Gasteiger partial charge in [-0.2, -0.15) is 0 Å². The van der Waals surface area contributed by atoms with Crippen LogP contribution in [0.3, 0.4) is 0 Å². The average molecular weight is 346 g/mol. The number of furan rings is 1. The molecule has 0 fully saturated rings. The van der Waals surface area contributed by atoms with Gasteiger partial charge in [-0.1, -0.05) is 11.6 Å². The summed E-state index contributed by atoms with van der Waals surface area (Å²) in [7, 11) is 2.94. The van der Waals surface area contributed by atoms with E-state index < -0.39 is 0 Å². The Labute approximate surface area is 123 Å². The number of carbonyl (C=O) groups excluding carboxylic acids is 1.